The molecule has 2 atom stereocenters. The van der Waals surface area contributed by atoms with E-state index in [0.29, 0.717) is 13.0 Å². The van der Waals surface area contributed by atoms with Crippen molar-refractivity contribution in [2.75, 3.05) is 20.2 Å². The molecule has 1 aliphatic rings. The molecule has 0 unspecified atom stereocenters. The lowest BCUT2D eigenvalue weighted by molar-refractivity contribution is 0.0856. The van der Waals surface area contributed by atoms with E-state index >= 15 is 0 Å². The Balaban J connectivity index is 1.96. The molecule has 1 N–H and O–H groups in total. The topological polar surface area (TPSA) is 56.5 Å². The zero-order chi connectivity index (χ0) is 13.7. The van der Waals surface area contributed by atoms with Crippen LogP contribution in [-0.2, 0) is 0 Å². The number of rotatable bonds is 5. The van der Waals surface area contributed by atoms with E-state index in [4.69, 9.17) is 10.00 Å². The van der Waals surface area contributed by atoms with Crippen molar-refractivity contribution in [1.82, 2.24) is 4.90 Å². The molecule has 1 aromatic carbocycles. The Labute approximate surface area is 114 Å². The predicted octanol–water partition coefficient (Wildman–Crippen LogP) is 2.11. The Morgan fingerprint density at radius 1 is 1.47 bits per heavy atom. The van der Waals surface area contributed by atoms with Gasteiger partial charge < -0.3 is 14.7 Å². The van der Waals surface area contributed by atoms with Crippen molar-refractivity contribution in [1.29, 1.82) is 5.26 Å². The average molecular weight is 260 g/mol. The van der Waals surface area contributed by atoms with Crippen LogP contribution in [0.3, 0.4) is 0 Å². The van der Waals surface area contributed by atoms with Crippen LogP contribution in [-0.4, -0.2) is 36.2 Å². The summed E-state index contributed by atoms with van der Waals surface area (Å²) in [5, 5.41) is 18.8. The molecule has 0 saturated carbocycles. The molecule has 0 radical (unpaired) electrons. The van der Waals surface area contributed by atoms with E-state index in [0.717, 1.165) is 30.7 Å². The second-order valence-electron chi connectivity index (χ2n) is 4.96. The number of hydrogen-bond donors (Lipinski definition) is 1. The zero-order valence-electron chi connectivity index (χ0n) is 11.2. The van der Waals surface area contributed by atoms with Crippen molar-refractivity contribution in [3.63, 3.8) is 0 Å². The van der Waals surface area contributed by atoms with Crippen LogP contribution in [0.15, 0.2) is 24.3 Å². The molecule has 4 heteroatoms. The van der Waals surface area contributed by atoms with Crippen molar-refractivity contribution in [3.05, 3.63) is 29.8 Å². The SMILES string of the molecule is CN1CCC[C@H]1[C@H](O)c1ccc(OCCC#N)cc1. The van der Waals surface area contributed by atoms with Crippen molar-refractivity contribution in [2.45, 2.75) is 31.4 Å². The smallest absolute Gasteiger partial charge is 0.119 e. The number of aliphatic hydroxyl groups excluding tert-OH is 1. The molecule has 2 rings (SSSR count). The van der Waals surface area contributed by atoms with E-state index in [1.165, 1.54) is 0 Å². The Morgan fingerprint density at radius 3 is 2.79 bits per heavy atom. The number of likely N-dealkylation sites (N-methyl/N-ethyl adjacent to an activating group) is 1. The number of benzene rings is 1. The van der Waals surface area contributed by atoms with E-state index in [-0.39, 0.29) is 6.04 Å². The highest BCUT2D eigenvalue weighted by atomic mass is 16.5. The minimum Gasteiger partial charge on any atom is -0.493 e. The summed E-state index contributed by atoms with van der Waals surface area (Å²) in [6, 6.07) is 9.76. The standard InChI is InChI=1S/C15H20N2O2/c1-17-10-2-4-14(17)15(18)12-5-7-13(8-6-12)19-11-3-9-16/h5-8,14-15,18H,2-4,10-11H2,1H3/t14-,15+/m0/s1. The number of ether oxygens (including phenoxy) is 1. The number of hydrogen-bond acceptors (Lipinski definition) is 4. The van der Waals surface area contributed by atoms with Gasteiger partial charge in [0.1, 0.15) is 12.4 Å². The second kappa shape index (κ2) is 6.55. The summed E-state index contributed by atoms with van der Waals surface area (Å²) >= 11 is 0. The molecule has 0 spiro atoms. The Kier molecular flexibility index (Phi) is 4.78. The van der Waals surface area contributed by atoms with Gasteiger partial charge in [-0.15, -0.1) is 0 Å². The monoisotopic (exact) mass is 260 g/mol. The van der Waals surface area contributed by atoms with Crippen LogP contribution in [0.2, 0.25) is 0 Å². The third-order valence-corrected chi connectivity index (χ3v) is 3.65. The summed E-state index contributed by atoms with van der Waals surface area (Å²) in [7, 11) is 2.06. The minimum atomic E-state index is -0.444. The number of nitriles is 1. The summed E-state index contributed by atoms with van der Waals surface area (Å²) in [4.78, 5) is 2.21. The maximum atomic E-state index is 10.4. The lowest BCUT2D eigenvalue weighted by Crippen LogP contribution is -2.31. The first-order chi connectivity index (χ1) is 9.22. The molecule has 1 heterocycles. The molecule has 1 aromatic rings. The first-order valence-corrected chi connectivity index (χ1v) is 6.70. The van der Waals surface area contributed by atoms with Gasteiger partial charge in [-0.1, -0.05) is 12.1 Å². The van der Waals surface area contributed by atoms with Crippen LogP contribution >= 0.6 is 0 Å². The summed E-state index contributed by atoms with van der Waals surface area (Å²) in [6.07, 6.45) is 2.13. The quantitative estimate of drug-likeness (QED) is 0.824. The molecule has 0 aromatic heterocycles. The fraction of sp³-hybridized carbons (Fsp3) is 0.533. The van der Waals surface area contributed by atoms with Gasteiger partial charge in [0, 0.05) is 6.04 Å². The number of likely N-dealkylation sites (tertiary alicyclic amines) is 1. The van der Waals surface area contributed by atoms with Gasteiger partial charge in [-0.25, -0.2) is 0 Å². The van der Waals surface area contributed by atoms with Crippen LogP contribution in [0.4, 0.5) is 0 Å². The highest BCUT2D eigenvalue weighted by Gasteiger charge is 2.28. The average Bonchev–Trinajstić information content (AvgIpc) is 2.85. The van der Waals surface area contributed by atoms with Gasteiger partial charge in [-0.3, -0.25) is 0 Å². The molecule has 0 aliphatic carbocycles. The molecule has 1 aliphatic heterocycles. The summed E-state index contributed by atoms with van der Waals surface area (Å²) in [5.74, 6) is 0.742. The number of aliphatic hydroxyl groups is 1. The van der Waals surface area contributed by atoms with Crippen molar-refractivity contribution >= 4 is 0 Å². The zero-order valence-corrected chi connectivity index (χ0v) is 11.2. The van der Waals surface area contributed by atoms with Gasteiger partial charge in [-0.05, 0) is 44.1 Å². The lowest BCUT2D eigenvalue weighted by Gasteiger charge is -2.25. The highest BCUT2D eigenvalue weighted by Crippen LogP contribution is 2.29. The van der Waals surface area contributed by atoms with Crippen LogP contribution in [0, 0.1) is 11.3 Å². The van der Waals surface area contributed by atoms with E-state index in [2.05, 4.69) is 11.9 Å². The second-order valence-corrected chi connectivity index (χ2v) is 4.96. The van der Waals surface area contributed by atoms with Gasteiger partial charge in [0.2, 0.25) is 0 Å². The molecular weight excluding hydrogens is 240 g/mol. The Morgan fingerprint density at radius 2 is 2.21 bits per heavy atom. The van der Waals surface area contributed by atoms with Crippen molar-refractivity contribution < 1.29 is 9.84 Å². The summed E-state index contributed by atoms with van der Waals surface area (Å²) in [5.41, 5.74) is 0.923. The largest absolute Gasteiger partial charge is 0.493 e. The van der Waals surface area contributed by atoms with E-state index < -0.39 is 6.10 Å². The Hall–Kier alpha value is -1.57. The van der Waals surface area contributed by atoms with E-state index in [9.17, 15) is 5.11 Å². The normalized spacial score (nSPS) is 21.0. The van der Waals surface area contributed by atoms with Crippen LogP contribution in [0.25, 0.3) is 0 Å². The predicted molar refractivity (Wildman–Crippen MR) is 72.8 cm³/mol. The van der Waals surface area contributed by atoms with E-state index in [1.807, 2.05) is 30.3 Å². The van der Waals surface area contributed by atoms with Gasteiger partial charge >= 0.3 is 0 Å². The fourth-order valence-corrected chi connectivity index (χ4v) is 2.53. The molecule has 0 amide bonds. The third kappa shape index (κ3) is 3.46. The highest BCUT2D eigenvalue weighted by molar-refractivity contribution is 5.29. The molecule has 19 heavy (non-hydrogen) atoms. The maximum absolute atomic E-state index is 10.4. The molecule has 102 valence electrons. The van der Waals surface area contributed by atoms with Crippen molar-refractivity contribution in [3.8, 4) is 11.8 Å². The first kappa shape index (κ1) is 13.9. The Bertz CT molecular complexity index is 438. The summed E-state index contributed by atoms with van der Waals surface area (Å²) < 4.78 is 5.41. The molecule has 1 fully saturated rings. The lowest BCUT2D eigenvalue weighted by atomic mass is 10.0. The third-order valence-electron chi connectivity index (χ3n) is 3.65. The van der Waals surface area contributed by atoms with Crippen molar-refractivity contribution in [2.24, 2.45) is 0 Å². The van der Waals surface area contributed by atoms with Gasteiger partial charge in [0.15, 0.2) is 0 Å². The van der Waals surface area contributed by atoms with E-state index in [1.54, 1.807) is 0 Å². The van der Waals surface area contributed by atoms with Gasteiger partial charge in [0.05, 0.1) is 18.6 Å². The van der Waals surface area contributed by atoms with Crippen LogP contribution < -0.4 is 4.74 Å². The molecule has 4 nitrogen and oxygen atoms in total. The first-order valence-electron chi connectivity index (χ1n) is 6.70. The minimum absolute atomic E-state index is 0.213. The van der Waals surface area contributed by atoms with Gasteiger partial charge in [0.25, 0.3) is 0 Å². The molecule has 1 saturated heterocycles. The summed E-state index contributed by atoms with van der Waals surface area (Å²) in [6.45, 7) is 1.46. The fourth-order valence-electron chi connectivity index (χ4n) is 2.53. The van der Waals surface area contributed by atoms with Crippen LogP contribution in [0.1, 0.15) is 30.9 Å². The number of nitrogens with zero attached hydrogens (tertiary/aromatic N) is 2. The molecule has 0 bridgehead atoms. The maximum Gasteiger partial charge on any atom is 0.119 e. The van der Waals surface area contributed by atoms with Gasteiger partial charge in [-0.2, -0.15) is 5.26 Å². The van der Waals surface area contributed by atoms with Crippen LogP contribution in [0.5, 0.6) is 5.75 Å². The molecular formula is C15H20N2O2.